The van der Waals surface area contributed by atoms with E-state index in [1.165, 1.54) is 11.1 Å². The Balaban J connectivity index is 2.08. The minimum Gasteiger partial charge on any atom is -0.488 e. The van der Waals surface area contributed by atoms with Crippen molar-refractivity contribution in [3.05, 3.63) is 64.1 Å². The van der Waals surface area contributed by atoms with E-state index in [0.717, 1.165) is 16.8 Å². The average Bonchev–Trinajstić information content (AvgIpc) is 2.41. The van der Waals surface area contributed by atoms with Crippen LogP contribution in [0.1, 0.15) is 11.1 Å². The first-order chi connectivity index (χ1) is 8.81. The highest BCUT2D eigenvalue weighted by Gasteiger charge is 2.06. The molecule has 0 spiro atoms. The van der Waals surface area contributed by atoms with Gasteiger partial charge in [0.05, 0.1) is 4.47 Å². The smallest absolute Gasteiger partial charge is 0.134 e. The van der Waals surface area contributed by atoms with Crippen molar-refractivity contribution < 1.29 is 4.74 Å². The quantitative estimate of drug-likeness (QED) is 0.908. The van der Waals surface area contributed by atoms with Gasteiger partial charge in [-0.2, -0.15) is 0 Å². The van der Waals surface area contributed by atoms with Gasteiger partial charge >= 0.3 is 0 Å². The molecule has 94 valence electrons. The molecule has 2 aromatic carbocycles. The van der Waals surface area contributed by atoms with Crippen LogP contribution in [0.3, 0.4) is 0 Å². The van der Waals surface area contributed by atoms with Gasteiger partial charge in [-0.1, -0.05) is 42.5 Å². The SMILES string of the molecule is CNCc1cccc(OCc2ccccc2)c1Br. The van der Waals surface area contributed by atoms with Gasteiger partial charge < -0.3 is 10.1 Å². The van der Waals surface area contributed by atoms with Crippen LogP contribution in [0, 0.1) is 0 Å². The van der Waals surface area contributed by atoms with E-state index in [2.05, 4.69) is 39.4 Å². The largest absolute Gasteiger partial charge is 0.488 e. The molecule has 3 heteroatoms. The summed E-state index contributed by atoms with van der Waals surface area (Å²) in [6, 6.07) is 16.2. The number of benzene rings is 2. The van der Waals surface area contributed by atoms with E-state index in [1.54, 1.807) is 0 Å². The molecule has 0 bridgehead atoms. The lowest BCUT2D eigenvalue weighted by molar-refractivity contribution is 0.304. The fourth-order valence-electron chi connectivity index (χ4n) is 1.73. The van der Waals surface area contributed by atoms with Crippen molar-refractivity contribution in [2.75, 3.05) is 7.05 Å². The summed E-state index contributed by atoms with van der Waals surface area (Å²) < 4.78 is 6.86. The maximum atomic E-state index is 5.84. The van der Waals surface area contributed by atoms with Gasteiger partial charge in [0.15, 0.2) is 0 Å². The Morgan fingerprint density at radius 3 is 2.56 bits per heavy atom. The lowest BCUT2D eigenvalue weighted by Crippen LogP contribution is -2.06. The molecule has 0 aliphatic rings. The Morgan fingerprint density at radius 2 is 1.83 bits per heavy atom. The van der Waals surface area contributed by atoms with E-state index >= 15 is 0 Å². The molecule has 0 atom stereocenters. The van der Waals surface area contributed by atoms with Crippen LogP contribution in [0.2, 0.25) is 0 Å². The van der Waals surface area contributed by atoms with Gasteiger partial charge in [-0.15, -0.1) is 0 Å². The van der Waals surface area contributed by atoms with Crippen LogP contribution in [0.5, 0.6) is 5.75 Å². The molecular formula is C15H16BrNO. The van der Waals surface area contributed by atoms with Gasteiger partial charge in [0.1, 0.15) is 12.4 Å². The van der Waals surface area contributed by atoms with Crippen molar-refractivity contribution in [2.24, 2.45) is 0 Å². The number of hydrogen-bond donors (Lipinski definition) is 1. The monoisotopic (exact) mass is 305 g/mol. The zero-order chi connectivity index (χ0) is 12.8. The van der Waals surface area contributed by atoms with Crippen molar-refractivity contribution in [1.82, 2.24) is 5.32 Å². The second-order valence-electron chi connectivity index (χ2n) is 4.03. The lowest BCUT2D eigenvalue weighted by Gasteiger charge is -2.11. The highest BCUT2D eigenvalue weighted by Crippen LogP contribution is 2.29. The Kier molecular flexibility index (Phi) is 4.79. The fraction of sp³-hybridized carbons (Fsp3) is 0.200. The van der Waals surface area contributed by atoms with Crippen LogP contribution < -0.4 is 10.1 Å². The molecule has 0 aliphatic heterocycles. The molecule has 0 amide bonds. The predicted octanol–water partition coefficient (Wildman–Crippen LogP) is 3.75. The molecule has 1 N–H and O–H groups in total. The van der Waals surface area contributed by atoms with Crippen LogP contribution in [0.15, 0.2) is 53.0 Å². The summed E-state index contributed by atoms with van der Waals surface area (Å²) in [6.07, 6.45) is 0. The molecule has 0 radical (unpaired) electrons. The number of rotatable bonds is 5. The van der Waals surface area contributed by atoms with Gasteiger partial charge in [-0.05, 0) is 40.2 Å². The fourth-order valence-corrected chi connectivity index (χ4v) is 2.25. The van der Waals surface area contributed by atoms with Crippen molar-refractivity contribution in [3.8, 4) is 5.75 Å². The Hall–Kier alpha value is -1.32. The van der Waals surface area contributed by atoms with Crippen molar-refractivity contribution in [1.29, 1.82) is 0 Å². The lowest BCUT2D eigenvalue weighted by atomic mass is 10.2. The summed E-state index contributed by atoms with van der Waals surface area (Å²) in [6.45, 7) is 1.41. The Morgan fingerprint density at radius 1 is 1.06 bits per heavy atom. The highest BCUT2D eigenvalue weighted by atomic mass is 79.9. The minimum atomic E-state index is 0.586. The summed E-state index contributed by atoms with van der Waals surface area (Å²) in [5.41, 5.74) is 2.37. The van der Waals surface area contributed by atoms with Gasteiger partial charge in [-0.25, -0.2) is 0 Å². The third-order valence-corrected chi connectivity index (χ3v) is 3.55. The minimum absolute atomic E-state index is 0.586. The number of ether oxygens (including phenoxy) is 1. The number of nitrogens with one attached hydrogen (secondary N) is 1. The van der Waals surface area contributed by atoms with E-state index < -0.39 is 0 Å². The average molecular weight is 306 g/mol. The van der Waals surface area contributed by atoms with E-state index in [0.29, 0.717) is 6.61 Å². The van der Waals surface area contributed by atoms with Crippen molar-refractivity contribution in [3.63, 3.8) is 0 Å². The summed E-state index contributed by atoms with van der Waals surface area (Å²) in [5.74, 6) is 0.881. The van der Waals surface area contributed by atoms with Gasteiger partial charge in [0, 0.05) is 6.54 Å². The molecule has 2 aromatic rings. The van der Waals surface area contributed by atoms with Gasteiger partial charge in [-0.3, -0.25) is 0 Å². The normalized spacial score (nSPS) is 10.3. The zero-order valence-electron chi connectivity index (χ0n) is 10.3. The highest BCUT2D eigenvalue weighted by molar-refractivity contribution is 9.10. The van der Waals surface area contributed by atoms with Gasteiger partial charge in [0.2, 0.25) is 0 Å². The molecule has 18 heavy (non-hydrogen) atoms. The van der Waals surface area contributed by atoms with E-state index in [1.807, 2.05) is 37.4 Å². The molecule has 0 unspecified atom stereocenters. The summed E-state index contributed by atoms with van der Waals surface area (Å²) in [4.78, 5) is 0. The molecular weight excluding hydrogens is 290 g/mol. The summed E-state index contributed by atoms with van der Waals surface area (Å²) >= 11 is 3.59. The third kappa shape index (κ3) is 3.34. The molecule has 0 heterocycles. The van der Waals surface area contributed by atoms with E-state index in [-0.39, 0.29) is 0 Å². The summed E-state index contributed by atoms with van der Waals surface area (Å²) in [7, 11) is 1.93. The predicted molar refractivity (Wildman–Crippen MR) is 77.7 cm³/mol. The maximum Gasteiger partial charge on any atom is 0.134 e. The molecule has 0 saturated heterocycles. The van der Waals surface area contributed by atoms with Crippen LogP contribution >= 0.6 is 15.9 Å². The third-order valence-electron chi connectivity index (χ3n) is 2.65. The Bertz CT molecular complexity index is 499. The zero-order valence-corrected chi connectivity index (χ0v) is 11.9. The molecule has 0 aliphatic carbocycles. The topological polar surface area (TPSA) is 21.3 Å². The second-order valence-corrected chi connectivity index (χ2v) is 4.83. The van der Waals surface area contributed by atoms with E-state index in [4.69, 9.17) is 4.74 Å². The van der Waals surface area contributed by atoms with Crippen LogP contribution in [-0.2, 0) is 13.2 Å². The second kappa shape index (κ2) is 6.57. The van der Waals surface area contributed by atoms with Crippen molar-refractivity contribution >= 4 is 15.9 Å². The first-order valence-corrected chi connectivity index (χ1v) is 6.69. The molecule has 2 nitrogen and oxygen atoms in total. The standard InChI is InChI=1S/C15H16BrNO/c1-17-10-13-8-5-9-14(15(13)16)18-11-12-6-3-2-4-7-12/h2-9,17H,10-11H2,1H3. The number of hydrogen-bond acceptors (Lipinski definition) is 2. The van der Waals surface area contributed by atoms with Crippen LogP contribution in [-0.4, -0.2) is 7.05 Å². The molecule has 2 rings (SSSR count). The van der Waals surface area contributed by atoms with E-state index in [9.17, 15) is 0 Å². The molecule has 0 fully saturated rings. The summed E-state index contributed by atoms with van der Waals surface area (Å²) in [5, 5.41) is 3.14. The van der Waals surface area contributed by atoms with Gasteiger partial charge in [0.25, 0.3) is 0 Å². The number of halogens is 1. The molecule has 0 saturated carbocycles. The van der Waals surface area contributed by atoms with Crippen LogP contribution in [0.25, 0.3) is 0 Å². The van der Waals surface area contributed by atoms with Crippen molar-refractivity contribution in [2.45, 2.75) is 13.2 Å². The first kappa shape index (κ1) is 13.1. The first-order valence-electron chi connectivity index (χ1n) is 5.90. The maximum absolute atomic E-state index is 5.84. The Labute approximate surface area is 116 Å². The van der Waals surface area contributed by atoms with Crippen LogP contribution in [0.4, 0.5) is 0 Å². The molecule has 0 aromatic heterocycles.